The zero-order valence-corrected chi connectivity index (χ0v) is 10.0. The Kier molecular flexibility index (Phi) is 5.69. The van der Waals surface area contributed by atoms with Gasteiger partial charge in [0.05, 0.1) is 6.04 Å². The molecule has 0 spiro atoms. The molecule has 1 rings (SSSR count). The molecule has 1 fully saturated rings. The van der Waals surface area contributed by atoms with Gasteiger partial charge in [0.2, 0.25) is 5.91 Å². The standard InChI is InChI=1S/C12H24N2O/c1-3-4-5-7-10(2)14-11-8-6-9-13-12(11)15/h10-11,14H,3-9H2,1-2H3,(H,13,15). The summed E-state index contributed by atoms with van der Waals surface area (Å²) >= 11 is 0. The molecule has 0 aromatic heterocycles. The van der Waals surface area contributed by atoms with Crippen molar-refractivity contribution in [3.8, 4) is 0 Å². The molecule has 1 amide bonds. The third kappa shape index (κ3) is 4.65. The first kappa shape index (κ1) is 12.5. The van der Waals surface area contributed by atoms with Crippen LogP contribution in [-0.2, 0) is 4.79 Å². The summed E-state index contributed by atoms with van der Waals surface area (Å²) < 4.78 is 0. The summed E-state index contributed by atoms with van der Waals surface area (Å²) in [5.74, 6) is 0.184. The molecule has 1 aliphatic heterocycles. The van der Waals surface area contributed by atoms with Gasteiger partial charge in [-0.3, -0.25) is 4.79 Å². The van der Waals surface area contributed by atoms with Crippen molar-refractivity contribution in [2.75, 3.05) is 6.54 Å². The van der Waals surface area contributed by atoms with Crippen LogP contribution in [0, 0.1) is 0 Å². The normalized spacial score (nSPS) is 23.6. The first-order valence-electron chi connectivity index (χ1n) is 6.27. The highest BCUT2D eigenvalue weighted by molar-refractivity contribution is 5.82. The van der Waals surface area contributed by atoms with Gasteiger partial charge in [-0.15, -0.1) is 0 Å². The lowest BCUT2D eigenvalue weighted by Crippen LogP contribution is -2.50. The number of carbonyl (C=O) groups is 1. The molecular formula is C12H24N2O. The largest absolute Gasteiger partial charge is 0.355 e. The average molecular weight is 212 g/mol. The molecule has 0 bridgehead atoms. The number of nitrogens with one attached hydrogen (secondary N) is 2. The van der Waals surface area contributed by atoms with E-state index in [9.17, 15) is 4.79 Å². The van der Waals surface area contributed by atoms with E-state index in [0.29, 0.717) is 6.04 Å². The van der Waals surface area contributed by atoms with Crippen molar-refractivity contribution in [3.63, 3.8) is 0 Å². The van der Waals surface area contributed by atoms with Gasteiger partial charge in [0.25, 0.3) is 0 Å². The SMILES string of the molecule is CCCCCC(C)NC1CCCNC1=O. The summed E-state index contributed by atoms with van der Waals surface area (Å²) in [6.07, 6.45) is 7.09. The molecule has 1 saturated heterocycles. The zero-order chi connectivity index (χ0) is 11.1. The van der Waals surface area contributed by atoms with Crippen LogP contribution in [-0.4, -0.2) is 24.5 Å². The molecule has 1 aliphatic rings. The molecule has 2 N–H and O–H groups in total. The minimum absolute atomic E-state index is 0.0513. The number of rotatable bonds is 6. The van der Waals surface area contributed by atoms with Gasteiger partial charge in [0.1, 0.15) is 0 Å². The quantitative estimate of drug-likeness (QED) is 0.659. The van der Waals surface area contributed by atoms with Crippen molar-refractivity contribution in [1.82, 2.24) is 10.6 Å². The molecule has 2 unspecified atom stereocenters. The number of unbranched alkanes of at least 4 members (excludes halogenated alkanes) is 2. The molecule has 0 aromatic carbocycles. The molecular weight excluding hydrogens is 188 g/mol. The number of hydrogen-bond acceptors (Lipinski definition) is 2. The van der Waals surface area contributed by atoms with Crippen molar-refractivity contribution in [2.24, 2.45) is 0 Å². The maximum absolute atomic E-state index is 11.5. The highest BCUT2D eigenvalue weighted by Gasteiger charge is 2.22. The predicted molar refractivity (Wildman–Crippen MR) is 62.8 cm³/mol. The van der Waals surface area contributed by atoms with E-state index in [1.165, 1.54) is 25.7 Å². The molecule has 3 nitrogen and oxygen atoms in total. The maximum atomic E-state index is 11.5. The molecule has 2 atom stereocenters. The van der Waals surface area contributed by atoms with Gasteiger partial charge >= 0.3 is 0 Å². The van der Waals surface area contributed by atoms with E-state index in [-0.39, 0.29) is 11.9 Å². The maximum Gasteiger partial charge on any atom is 0.237 e. The summed E-state index contributed by atoms with van der Waals surface area (Å²) in [4.78, 5) is 11.5. The van der Waals surface area contributed by atoms with Gasteiger partial charge < -0.3 is 10.6 Å². The Morgan fingerprint density at radius 2 is 2.33 bits per heavy atom. The minimum atomic E-state index is 0.0513. The fraction of sp³-hybridized carbons (Fsp3) is 0.917. The Labute approximate surface area is 93.0 Å². The lowest BCUT2D eigenvalue weighted by Gasteiger charge is -2.26. The number of piperidine rings is 1. The second kappa shape index (κ2) is 6.83. The third-order valence-electron chi connectivity index (χ3n) is 3.01. The van der Waals surface area contributed by atoms with Crippen LogP contribution in [0.1, 0.15) is 52.4 Å². The number of amides is 1. The lowest BCUT2D eigenvalue weighted by atomic mass is 10.0. The smallest absolute Gasteiger partial charge is 0.237 e. The van der Waals surface area contributed by atoms with Crippen LogP contribution in [0.25, 0.3) is 0 Å². The van der Waals surface area contributed by atoms with Crippen LogP contribution in [0.15, 0.2) is 0 Å². The van der Waals surface area contributed by atoms with E-state index in [1.54, 1.807) is 0 Å². The van der Waals surface area contributed by atoms with Crippen LogP contribution in [0.3, 0.4) is 0 Å². The van der Waals surface area contributed by atoms with E-state index in [1.807, 2.05) is 0 Å². The number of hydrogen-bond donors (Lipinski definition) is 2. The van der Waals surface area contributed by atoms with Crippen LogP contribution >= 0.6 is 0 Å². The van der Waals surface area contributed by atoms with E-state index < -0.39 is 0 Å². The fourth-order valence-electron chi connectivity index (χ4n) is 2.06. The summed E-state index contributed by atoms with van der Waals surface area (Å²) in [7, 11) is 0. The zero-order valence-electron chi connectivity index (χ0n) is 10.0. The summed E-state index contributed by atoms with van der Waals surface area (Å²) in [5.41, 5.74) is 0. The van der Waals surface area contributed by atoms with E-state index in [0.717, 1.165) is 19.4 Å². The third-order valence-corrected chi connectivity index (χ3v) is 3.01. The monoisotopic (exact) mass is 212 g/mol. The molecule has 88 valence electrons. The Morgan fingerprint density at radius 3 is 3.00 bits per heavy atom. The van der Waals surface area contributed by atoms with Crippen LogP contribution in [0.5, 0.6) is 0 Å². The highest BCUT2D eigenvalue weighted by atomic mass is 16.2. The van der Waals surface area contributed by atoms with Crippen LogP contribution in [0.2, 0.25) is 0 Å². The van der Waals surface area contributed by atoms with E-state index in [4.69, 9.17) is 0 Å². The lowest BCUT2D eigenvalue weighted by molar-refractivity contribution is -0.124. The van der Waals surface area contributed by atoms with Gasteiger partial charge in [-0.2, -0.15) is 0 Å². The summed E-state index contributed by atoms with van der Waals surface area (Å²) in [6.45, 7) is 5.24. The van der Waals surface area contributed by atoms with E-state index in [2.05, 4.69) is 24.5 Å². The topological polar surface area (TPSA) is 41.1 Å². The van der Waals surface area contributed by atoms with Gasteiger partial charge in [0.15, 0.2) is 0 Å². The van der Waals surface area contributed by atoms with Crippen molar-refractivity contribution in [2.45, 2.75) is 64.5 Å². The Hall–Kier alpha value is -0.570. The van der Waals surface area contributed by atoms with Gasteiger partial charge in [-0.05, 0) is 26.2 Å². The molecule has 0 saturated carbocycles. The first-order chi connectivity index (χ1) is 7.24. The summed E-state index contributed by atoms with van der Waals surface area (Å²) in [5, 5.41) is 6.32. The van der Waals surface area contributed by atoms with Gasteiger partial charge in [0, 0.05) is 12.6 Å². The second-order valence-corrected chi connectivity index (χ2v) is 4.55. The highest BCUT2D eigenvalue weighted by Crippen LogP contribution is 2.08. The Balaban J connectivity index is 2.17. The van der Waals surface area contributed by atoms with Crippen molar-refractivity contribution in [3.05, 3.63) is 0 Å². The van der Waals surface area contributed by atoms with E-state index >= 15 is 0 Å². The summed E-state index contributed by atoms with van der Waals surface area (Å²) in [6, 6.07) is 0.515. The molecule has 0 aliphatic carbocycles. The first-order valence-corrected chi connectivity index (χ1v) is 6.27. The number of carbonyl (C=O) groups excluding carboxylic acids is 1. The second-order valence-electron chi connectivity index (χ2n) is 4.55. The molecule has 15 heavy (non-hydrogen) atoms. The molecule has 0 radical (unpaired) electrons. The van der Waals surface area contributed by atoms with Crippen LogP contribution < -0.4 is 10.6 Å². The average Bonchev–Trinajstić information content (AvgIpc) is 2.22. The molecule has 3 heteroatoms. The Bertz CT molecular complexity index is 194. The minimum Gasteiger partial charge on any atom is -0.355 e. The van der Waals surface area contributed by atoms with Crippen molar-refractivity contribution < 1.29 is 4.79 Å². The van der Waals surface area contributed by atoms with Crippen LogP contribution in [0.4, 0.5) is 0 Å². The van der Waals surface area contributed by atoms with Gasteiger partial charge in [-0.1, -0.05) is 26.2 Å². The Morgan fingerprint density at radius 1 is 1.53 bits per heavy atom. The van der Waals surface area contributed by atoms with Gasteiger partial charge in [-0.25, -0.2) is 0 Å². The predicted octanol–water partition coefficient (Wildman–Crippen LogP) is 1.82. The molecule has 1 heterocycles. The fourth-order valence-corrected chi connectivity index (χ4v) is 2.06. The molecule has 0 aromatic rings. The van der Waals surface area contributed by atoms with Crippen molar-refractivity contribution >= 4 is 5.91 Å². The van der Waals surface area contributed by atoms with Crippen molar-refractivity contribution in [1.29, 1.82) is 0 Å².